The molecule has 0 saturated carbocycles. The lowest BCUT2D eigenvalue weighted by Gasteiger charge is -2.08. The number of pyridine rings is 1. The first-order chi connectivity index (χ1) is 8.33. The molecule has 0 N–H and O–H groups in total. The standard InChI is InChI=1S/C13H10N2OS/c1-17-13-5-3-2-4-12(13)16-11-7-6-10(8-14)15-9-11/h2-7,9H,1H3. The maximum Gasteiger partial charge on any atom is 0.145 e. The zero-order valence-corrected chi connectivity index (χ0v) is 10.1. The number of rotatable bonds is 3. The van der Waals surface area contributed by atoms with Crippen LogP contribution in [0, 0.1) is 11.3 Å². The molecule has 2 aromatic rings. The van der Waals surface area contributed by atoms with Crippen molar-refractivity contribution in [3.63, 3.8) is 0 Å². The Morgan fingerprint density at radius 3 is 2.71 bits per heavy atom. The Morgan fingerprint density at radius 1 is 1.24 bits per heavy atom. The third kappa shape index (κ3) is 2.77. The van der Waals surface area contributed by atoms with E-state index in [1.165, 1.54) is 0 Å². The first kappa shape index (κ1) is 11.5. The van der Waals surface area contributed by atoms with E-state index in [0.717, 1.165) is 10.6 Å². The van der Waals surface area contributed by atoms with E-state index < -0.39 is 0 Å². The van der Waals surface area contributed by atoms with E-state index in [9.17, 15) is 0 Å². The SMILES string of the molecule is CSc1ccccc1Oc1ccc(C#N)nc1. The molecule has 0 aliphatic heterocycles. The van der Waals surface area contributed by atoms with Gasteiger partial charge in [0.15, 0.2) is 0 Å². The van der Waals surface area contributed by atoms with Crippen molar-refractivity contribution < 1.29 is 4.74 Å². The molecule has 4 heteroatoms. The van der Waals surface area contributed by atoms with Gasteiger partial charge in [-0.2, -0.15) is 5.26 Å². The second-order valence-corrected chi connectivity index (χ2v) is 4.09. The third-order valence-corrected chi connectivity index (χ3v) is 2.92. The fraction of sp³-hybridized carbons (Fsp3) is 0.0769. The summed E-state index contributed by atoms with van der Waals surface area (Å²) < 4.78 is 5.71. The number of nitrogens with zero attached hydrogens (tertiary/aromatic N) is 2. The molecule has 0 aliphatic carbocycles. The summed E-state index contributed by atoms with van der Waals surface area (Å²) in [4.78, 5) is 5.02. The van der Waals surface area contributed by atoms with Crippen LogP contribution < -0.4 is 4.74 Å². The van der Waals surface area contributed by atoms with Gasteiger partial charge in [0.05, 0.1) is 6.20 Å². The number of aromatic nitrogens is 1. The van der Waals surface area contributed by atoms with Crippen molar-refractivity contribution in [2.45, 2.75) is 4.90 Å². The third-order valence-electron chi connectivity index (χ3n) is 2.15. The van der Waals surface area contributed by atoms with E-state index in [4.69, 9.17) is 10.00 Å². The van der Waals surface area contributed by atoms with Gasteiger partial charge in [-0.05, 0) is 30.5 Å². The molecule has 84 valence electrons. The Kier molecular flexibility index (Phi) is 3.63. The number of hydrogen-bond donors (Lipinski definition) is 0. The number of para-hydroxylation sites is 1. The molecule has 0 saturated heterocycles. The monoisotopic (exact) mass is 242 g/mol. The highest BCUT2D eigenvalue weighted by molar-refractivity contribution is 7.98. The Morgan fingerprint density at radius 2 is 2.06 bits per heavy atom. The quantitative estimate of drug-likeness (QED) is 0.773. The lowest BCUT2D eigenvalue weighted by molar-refractivity contribution is 0.469. The number of nitriles is 1. The highest BCUT2D eigenvalue weighted by Crippen LogP contribution is 2.30. The highest BCUT2D eigenvalue weighted by Gasteiger charge is 2.03. The molecule has 0 unspecified atom stereocenters. The van der Waals surface area contributed by atoms with Crippen LogP contribution in [0.5, 0.6) is 11.5 Å². The van der Waals surface area contributed by atoms with Gasteiger partial charge in [0.2, 0.25) is 0 Å². The van der Waals surface area contributed by atoms with Crippen LogP contribution >= 0.6 is 11.8 Å². The van der Waals surface area contributed by atoms with Crippen molar-refractivity contribution in [3.8, 4) is 17.6 Å². The van der Waals surface area contributed by atoms with Crippen molar-refractivity contribution in [3.05, 3.63) is 48.3 Å². The average Bonchev–Trinajstić information content (AvgIpc) is 2.40. The van der Waals surface area contributed by atoms with Crippen LogP contribution in [0.4, 0.5) is 0 Å². The first-order valence-electron chi connectivity index (χ1n) is 5.00. The Balaban J connectivity index is 2.22. The minimum Gasteiger partial charge on any atom is -0.455 e. The van der Waals surface area contributed by atoms with Crippen LogP contribution in [0.3, 0.4) is 0 Å². The molecule has 0 fully saturated rings. The van der Waals surface area contributed by atoms with Crippen molar-refractivity contribution in [2.24, 2.45) is 0 Å². The molecule has 17 heavy (non-hydrogen) atoms. The molecule has 1 heterocycles. The molecule has 0 bridgehead atoms. The van der Waals surface area contributed by atoms with Gasteiger partial charge in [-0.25, -0.2) is 4.98 Å². The Labute approximate surface area is 104 Å². The summed E-state index contributed by atoms with van der Waals surface area (Å²) >= 11 is 1.62. The lowest BCUT2D eigenvalue weighted by atomic mass is 10.3. The van der Waals surface area contributed by atoms with Crippen molar-refractivity contribution in [1.82, 2.24) is 4.98 Å². The van der Waals surface area contributed by atoms with Crippen LogP contribution in [0.15, 0.2) is 47.5 Å². The molecular weight excluding hydrogens is 232 g/mol. The lowest BCUT2D eigenvalue weighted by Crippen LogP contribution is -1.88. The van der Waals surface area contributed by atoms with Crippen LogP contribution in [0.1, 0.15) is 5.69 Å². The molecule has 0 atom stereocenters. The fourth-order valence-electron chi connectivity index (χ4n) is 1.34. The molecule has 3 nitrogen and oxygen atoms in total. The number of benzene rings is 1. The molecule has 0 spiro atoms. The smallest absolute Gasteiger partial charge is 0.145 e. The second kappa shape index (κ2) is 5.37. The summed E-state index contributed by atoms with van der Waals surface area (Å²) in [5.41, 5.74) is 0.385. The van der Waals surface area contributed by atoms with Gasteiger partial charge in [-0.3, -0.25) is 0 Å². The van der Waals surface area contributed by atoms with E-state index in [0.29, 0.717) is 11.4 Å². The van der Waals surface area contributed by atoms with Crippen molar-refractivity contribution in [1.29, 1.82) is 5.26 Å². The average molecular weight is 242 g/mol. The van der Waals surface area contributed by atoms with Crippen LogP contribution in [0.25, 0.3) is 0 Å². The van der Waals surface area contributed by atoms with Gasteiger partial charge in [0.25, 0.3) is 0 Å². The summed E-state index contributed by atoms with van der Waals surface area (Å²) in [6.07, 6.45) is 3.55. The fourth-order valence-corrected chi connectivity index (χ4v) is 1.86. The minimum absolute atomic E-state index is 0.385. The predicted molar refractivity (Wildman–Crippen MR) is 67.2 cm³/mol. The van der Waals surface area contributed by atoms with Crippen LogP contribution in [-0.4, -0.2) is 11.2 Å². The van der Waals surface area contributed by atoms with Gasteiger partial charge >= 0.3 is 0 Å². The molecule has 1 aromatic carbocycles. The largest absolute Gasteiger partial charge is 0.455 e. The number of thioether (sulfide) groups is 1. The molecular formula is C13H10N2OS. The van der Waals surface area contributed by atoms with Gasteiger partial charge < -0.3 is 4.74 Å². The predicted octanol–water partition coefficient (Wildman–Crippen LogP) is 3.47. The summed E-state index contributed by atoms with van der Waals surface area (Å²) in [6, 6.07) is 13.1. The highest BCUT2D eigenvalue weighted by atomic mass is 32.2. The zero-order chi connectivity index (χ0) is 12.1. The molecule has 0 aliphatic rings. The molecule has 0 amide bonds. The molecule has 2 rings (SSSR count). The maximum absolute atomic E-state index is 8.64. The summed E-state index contributed by atoms with van der Waals surface area (Å²) in [5.74, 6) is 1.43. The zero-order valence-electron chi connectivity index (χ0n) is 9.25. The van der Waals surface area contributed by atoms with Crippen LogP contribution in [0.2, 0.25) is 0 Å². The normalized spacial score (nSPS) is 9.65. The Hall–Kier alpha value is -1.99. The van der Waals surface area contributed by atoms with Crippen molar-refractivity contribution in [2.75, 3.05) is 6.26 Å². The van der Waals surface area contributed by atoms with E-state index in [-0.39, 0.29) is 0 Å². The van der Waals surface area contributed by atoms with E-state index in [1.54, 1.807) is 30.1 Å². The first-order valence-corrected chi connectivity index (χ1v) is 6.23. The van der Waals surface area contributed by atoms with E-state index >= 15 is 0 Å². The molecule has 0 radical (unpaired) electrons. The van der Waals surface area contributed by atoms with Crippen LogP contribution in [-0.2, 0) is 0 Å². The van der Waals surface area contributed by atoms with Gasteiger partial charge in [0, 0.05) is 4.90 Å². The second-order valence-electron chi connectivity index (χ2n) is 3.24. The van der Waals surface area contributed by atoms with Gasteiger partial charge in [-0.1, -0.05) is 12.1 Å². The summed E-state index contributed by atoms with van der Waals surface area (Å²) in [5, 5.41) is 8.64. The number of hydrogen-bond acceptors (Lipinski definition) is 4. The van der Waals surface area contributed by atoms with E-state index in [1.807, 2.05) is 36.6 Å². The Bertz CT molecular complexity index is 546. The number of ether oxygens (including phenoxy) is 1. The maximum atomic E-state index is 8.64. The summed E-state index contributed by atoms with van der Waals surface area (Å²) in [7, 11) is 0. The van der Waals surface area contributed by atoms with Gasteiger partial charge in [0.1, 0.15) is 23.3 Å². The minimum atomic E-state index is 0.385. The summed E-state index contributed by atoms with van der Waals surface area (Å²) in [6.45, 7) is 0. The van der Waals surface area contributed by atoms with Gasteiger partial charge in [-0.15, -0.1) is 11.8 Å². The van der Waals surface area contributed by atoms with Crippen molar-refractivity contribution >= 4 is 11.8 Å². The topological polar surface area (TPSA) is 45.9 Å². The van der Waals surface area contributed by atoms with E-state index in [2.05, 4.69) is 4.98 Å². The molecule has 1 aromatic heterocycles.